The Balaban J connectivity index is 2.61. The zero-order valence-electron chi connectivity index (χ0n) is 13.5. The van der Waals surface area contributed by atoms with E-state index in [1.54, 1.807) is 13.8 Å². The second-order valence-electron chi connectivity index (χ2n) is 5.28. The average molecular weight is 306 g/mol. The molecule has 0 atom stereocenters. The quantitative estimate of drug-likeness (QED) is 0.746. The molecule has 0 bridgehead atoms. The zero-order chi connectivity index (χ0) is 16.7. The minimum Gasteiger partial charge on any atom is -0.379 e. The van der Waals surface area contributed by atoms with Gasteiger partial charge in [-0.15, -0.1) is 0 Å². The molecule has 0 fully saturated rings. The summed E-state index contributed by atoms with van der Waals surface area (Å²) >= 11 is 0. The Kier molecular flexibility index (Phi) is 6.73. The third-order valence-corrected chi connectivity index (χ3v) is 3.14. The van der Waals surface area contributed by atoms with Gasteiger partial charge in [0.25, 0.3) is 5.56 Å². The van der Waals surface area contributed by atoms with E-state index >= 15 is 0 Å². The van der Waals surface area contributed by atoms with Gasteiger partial charge < -0.3 is 10.1 Å². The second kappa shape index (κ2) is 8.29. The number of aryl methyl sites for hydroxylation is 1. The van der Waals surface area contributed by atoms with Gasteiger partial charge in [0.05, 0.1) is 11.8 Å². The van der Waals surface area contributed by atoms with Crippen LogP contribution in [0.5, 0.6) is 0 Å². The summed E-state index contributed by atoms with van der Waals surface area (Å²) in [5, 5.41) is 15.8. The Morgan fingerprint density at radius 1 is 1.45 bits per heavy atom. The Labute approximate surface area is 129 Å². The normalized spacial score (nSPS) is 10.5. The predicted molar refractivity (Wildman–Crippen MR) is 81.4 cm³/mol. The lowest BCUT2D eigenvalue weighted by atomic mass is 10.1. The van der Waals surface area contributed by atoms with Crippen LogP contribution < -0.4 is 10.9 Å². The smallest absolute Gasteiger partial charge is 0.285 e. The summed E-state index contributed by atoms with van der Waals surface area (Å²) in [5.74, 6) is -0.314. The Bertz CT molecular complexity index is 629. The number of nitriles is 1. The summed E-state index contributed by atoms with van der Waals surface area (Å²) in [6.07, 6.45) is 0.862. The van der Waals surface area contributed by atoms with Crippen molar-refractivity contribution < 1.29 is 9.53 Å². The lowest BCUT2D eigenvalue weighted by Crippen LogP contribution is -2.36. The van der Waals surface area contributed by atoms with E-state index in [-0.39, 0.29) is 24.1 Å². The van der Waals surface area contributed by atoms with Crippen LogP contribution in [0.2, 0.25) is 0 Å². The number of hydrogen-bond acceptors (Lipinski definition) is 5. The standard InChI is InChI=1S/C15H22N4O3/c1-10(2)22-7-5-6-17-14(20)9-19-15(21)13(8-16)11(3)12(4)18-19/h10H,5-7,9H2,1-4H3,(H,17,20). The molecular weight excluding hydrogens is 284 g/mol. The van der Waals surface area contributed by atoms with Crippen molar-refractivity contribution >= 4 is 5.91 Å². The second-order valence-corrected chi connectivity index (χ2v) is 5.28. The number of nitrogens with one attached hydrogen (secondary N) is 1. The fourth-order valence-electron chi connectivity index (χ4n) is 1.82. The number of rotatable bonds is 7. The van der Waals surface area contributed by atoms with Crippen LogP contribution in [0.25, 0.3) is 0 Å². The number of carbonyl (C=O) groups is 1. The molecule has 1 aromatic heterocycles. The molecule has 1 amide bonds. The van der Waals surface area contributed by atoms with Crippen molar-refractivity contribution in [2.24, 2.45) is 0 Å². The minimum atomic E-state index is -0.538. The van der Waals surface area contributed by atoms with Crippen LogP contribution in [0.15, 0.2) is 4.79 Å². The third-order valence-electron chi connectivity index (χ3n) is 3.14. The van der Waals surface area contributed by atoms with Crippen molar-refractivity contribution in [3.8, 4) is 6.07 Å². The van der Waals surface area contributed by atoms with Crippen LogP contribution in [0.4, 0.5) is 0 Å². The van der Waals surface area contributed by atoms with Gasteiger partial charge in [-0.2, -0.15) is 10.4 Å². The molecule has 0 radical (unpaired) electrons. The Morgan fingerprint density at radius 2 is 2.14 bits per heavy atom. The lowest BCUT2D eigenvalue weighted by molar-refractivity contribution is -0.121. The summed E-state index contributed by atoms with van der Waals surface area (Å²) in [6, 6.07) is 1.87. The molecule has 1 rings (SSSR count). The molecular formula is C15H22N4O3. The van der Waals surface area contributed by atoms with Gasteiger partial charge >= 0.3 is 0 Å². The molecule has 7 heteroatoms. The molecule has 0 aliphatic heterocycles. The fourth-order valence-corrected chi connectivity index (χ4v) is 1.82. The first-order valence-electron chi connectivity index (χ1n) is 7.23. The highest BCUT2D eigenvalue weighted by atomic mass is 16.5. The van der Waals surface area contributed by atoms with Gasteiger partial charge in [0, 0.05) is 13.2 Å². The van der Waals surface area contributed by atoms with Crippen molar-refractivity contribution in [3.05, 3.63) is 27.2 Å². The summed E-state index contributed by atoms with van der Waals surface area (Å²) in [6.45, 7) is 8.11. The average Bonchev–Trinajstić information content (AvgIpc) is 2.44. The van der Waals surface area contributed by atoms with Gasteiger partial charge in [-0.1, -0.05) is 0 Å². The monoisotopic (exact) mass is 306 g/mol. The molecule has 7 nitrogen and oxygen atoms in total. The molecule has 0 aromatic carbocycles. The van der Waals surface area contributed by atoms with Crippen LogP contribution in [-0.2, 0) is 16.1 Å². The maximum atomic E-state index is 12.0. The van der Waals surface area contributed by atoms with Crippen molar-refractivity contribution in [1.82, 2.24) is 15.1 Å². The number of hydrogen-bond donors (Lipinski definition) is 1. The molecule has 1 aromatic rings. The number of carbonyl (C=O) groups excluding carboxylic acids is 1. The van der Waals surface area contributed by atoms with Crippen LogP contribution in [0, 0.1) is 25.2 Å². The maximum absolute atomic E-state index is 12.0. The van der Waals surface area contributed by atoms with Crippen molar-refractivity contribution in [2.45, 2.75) is 46.8 Å². The van der Waals surface area contributed by atoms with Gasteiger partial charge in [0.1, 0.15) is 18.2 Å². The maximum Gasteiger partial charge on any atom is 0.285 e. The van der Waals surface area contributed by atoms with Crippen molar-refractivity contribution in [2.75, 3.05) is 13.2 Å². The molecule has 0 aliphatic carbocycles. The Hall–Kier alpha value is -2.20. The number of amides is 1. The lowest BCUT2D eigenvalue weighted by Gasteiger charge is -2.10. The van der Waals surface area contributed by atoms with Crippen LogP contribution in [0.3, 0.4) is 0 Å². The van der Waals surface area contributed by atoms with E-state index in [9.17, 15) is 9.59 Å². The van der Waals surface area contributed by atoms with Gasteiger partial charge in [0.15, 0.2) is 0 Å². The van der Waals surface area contributed by atoms with E-state index in [1.165, 1.54) is 0 Å². The molecule has 1 N–H and O–H groups in total. The van der Waals surface area contributed by atoms with Gasteiger partial charge in [-0.05, 0) is 39.7 Å². The molecule has 0 saturated carbocycles. The summed E-state index contributed by atoms with van der Waals surface area (Å²) < 4.78 is 6.39. The minimum absolute atomic E-state index is 0.0330. The van der Waals surface area contributed by atoms with E-state index in [1.807, 2.05) is 19.9 Å². The van der Waals surface area contributed by atoms with E-state index in [0.29, 0.717) is 30.8 Å². The van der Waals surface area contributed by atoms with E-state index < -0.39 is 5.56 Å². The molecule has 1 heterocycles. The number of aromatic nitrogens is 2. The first-order valence-corrected chi connectivity index (χ1v) is 7.23. The third kappa shape index (κ3) is 4.97. The van der Waals surface area contributed by atoms with Crippen LogP contribution in [-0.4, -0.2) is 34.9 Å². The molecule has 0 aliphatic rings. The molecule has 0 spiro atoms. The zero-order valence-corrected chi connectivity index (χ0v) is 13.5. The molecule has 120 valence electrons. The molecule has 0 saturated heterocycles. The Morgan fingerprint density at radius 3 is 2.73 bits per heavy atom. The van der Waals surface area contributed by atoms with Crippen molar-refractivity contribution in [1.29, 1.82) is 5.26 Å². The number of nitrogens with zero attached hydrogens (tertiary/aromatic N) is 3. The summed E-state index contributed by atoms with van der Waals surface area (Å²) in [4.78, 5) is 23.9. The van der Waals surface area contributed by atoms with Crippen LogP contribution >= 0.6 is 0 Å². The van der Waals surface area contributed by atoms with E-state index in [2.05, 4.69) is 10.4 Å². The van der Waals surface area contributed by atoms with Gasteiger partial charge in [-0.25, -0.2) is 4.68 Å². The van der Waals surface area contributed by atoms with Gasteiger partial charge in [-0.3, -0.25) is 9.59 Å². The van der Waals surface area contributed by atoms with Crippen LogP contribution in [0.1, 0.15) is 37.1 Å². The SMILES string of the molecule is Cc1nn(CC(=O)NCCCOC(C)C)c(=O)c(C#N)c1C. The largest absolute Gasteiger partial charge is 0.379 e. The highest BCUT2D eigenvalue weighted by Crippen LogP contribution is 2.04. The van der Waals surface area contributed by atoms with Crippen molar-refractivity contribution in [3.63, 3.8) is 0 Å². The first-order chi connectivity index (χ1) is 10.4. The number of ether oxygens (including phenoxy) is 1. The molecule has 0 unspecified atom stereocenters. The molecule has 22 heavy (non-hydrogen) atoms. The summed E-state index contributed by atoms with van der Waals surface area (Å²) in [7, 11) is 0. The van der Waals surface area contributed by atoms with E-state index in [4.69, 9.17) is 10.00 Å². The van der Waals surface area contributed by atoms with E-state index in [0.717, 1.165) is 4.68 Å². The predicted octanol–water partition coefficient (Wildman–Crippen LogP) is 0.663. The van der Waals surface area contributed by atoms with Gasteiger partial charge in [0.2, 0.25) is 5.91 Å². The highest BCUT2D eigenvalue weighted by molar-refractivity contribution is 5.75. The highest BCUT2D eigenvalue weighted by Gasteiger charge is 2.13. The first kappa shape index (κ1) is 17.9. The fraction of sp³-hybridized carbons (Fsp3) is 0.600. The topological polar surface area (TPSA) is 97.0 Å². The summed E-state index contributed by atoms with van der Waals surface area (Å²) in [5.41, 5.74) is 0.610.